The fourth-order valence-electron chi connectivity index (χ4n) is 8.85. The molecule has 0 aliphatic heterocycles. The van der Waals surface area contributed by atoms with Crippen LogP contribution in [0.3, 0.4) is 0 Å². The number of para-hydroxylation sites is 5. The van der Waals surface area contributed by atoms with Gasteiger partial charge in [-0.1, -0.05) is 103 Å². The molecule has 0 unspecified atom stereocenters. The van der Waals surface area contributed by atoms with Gasteiger partial charge in [0.1, 0.15) is 0 Å². The van der Waals surface area contributed by atoms with Gasteiger partial charge in [-0.05, 0) is 72.8 Å². The fourth-order valence-corrected chi connectivity index (χ4v) is 8.85. The summed E-state index contributed by atoms with van der Waals surface area (Å²) >= 11 is 0. The lowest BCUT2D eigenvalue weighted by Gasteiger charge is -2.16. The van der Waals surface area contributed by atoms with Crippen LogP contribution in [0.15, 0.2) is 176 Å². The van der Waals surface area contributed by atoms with Crippen molar-refractivity contribution in [3.05, 3.63) is 187 Å². The van der Waals surface area contributed by atoms with Crippen LogP contribution in [-0.4, -0.2) is 13.7 Å². The van der Waals surface area contributed by atoms with Crippen LogP contribution in [0.2, 0.25) is 0 Å². The van der Waals surface area contributed by atoms with Crippen LogP contribution in [0.1, 0.15) is 11.1 Å². The van der Waals surface area contributed by atoms with Gasteiger partial charge in [-0.3, -0.25) is 0 Å². The topological polar surface area (TPSA) is 62.4 Å². The third kappa shape index (κ3) is 4.39. The SMILES string of the molecule is N#Cc1cc(-n2c3ccccc3c3cc(-n4c5ccccc5c5ccccc54)ccc32)ccc1-c1ccccc1-n1c2ccccc2c2c(C#N)cccc21. The van der Waals surface area contributed by atoms with E-state index in [9.17, 15) is 10.5 Å². The van der Waals surface area contributed by atoms with Gasteiger partial charge in [-0.25, -0.2) is 0 Å². The molecule has 0 saturated heterocycles. The summed E-state index contributed by atoms with van der Waals surface area (Å²) in [6.07, 6.45) is 0. The normalized spacial score (nSPS) is 11.6. The van der Waals surface area contributed by atoms with Crippen LogP contribution < -0.4 is 0 Å². The number of benzene rings is 8. The maximum Gasteiger partial charge on any atom is 0.0998 e. The first-order valence-corrected chi connectivity index (χ1v) is 18.3. The summed E-state index contributed by atoms with van der Waals surface area (Å²) in [6, 6.07) is 65.9. The predicted octanol–water partition coefficient (Wildman–Crippen LogP) is 12.4. The molecule has 55 heavy (non-hydrogen) atoms. The smallest absolute Gasteiger partial charge is 0.0998 e. The predicted molar refractivity (Wildman–Crippen MR) is 224 cm³/mol. The van der Waals surface area contributed by atoms with Crippen molar-refractivity contribution in [3.8, 4) is 40.3 Å². The van der Waals surface area contributed by atoms with Crippen LogP contribution >= 0.6 is 0 Å². The zero-order chi connectivity index (χ0) is 36.6. The maximum absolute atomic E-state index is 10.8. The molecule has 0 amide bonds. The van der Waals surface area contributed by atoms with Gasteiger partial charge in [-0.15, -0.1) is 0 Å². The van der Waals surface area contributed by atoms with Gasteiger partial charge in [-0.2, -0.15) is 10.5 Å². The van der Waals surface area contributed by atoms with Crippen LogP contribution in [0, 0.1) is 22.7 Å². The minimum Gasteiger partial charge on any atom is -0.309 e. The number of nitrogens with zero attached hydrogens (tertiary/aromatic N) is 5. The number of hydrogen-bond acceptors (Lipinski definition) is 2. The lowest BCUT2D eigenvalue weighted by molar-refractivity contribution is 1.16. The van der Waals surface area contributed by atoms with E-state index in [4.69, 9.17) is 0 Å². The van der Waals surface area contributed by atoms with Crippen molar-refractivity contribution in [2.45, 2.75) is 0 Å². The zero-order valence-corrected chi connectivity index (χ0v) is 29.5. The van der Waals surface area contributed by atoms with Gasteiger partial charge < -0.3 is 13.7 Å². The number of fused-ring (bicyclic) bond motifs is 9. The number of rotatable bonds is 4. The van der Waals surface area contributed by atoms with E-state index < -0.39 is 0 Å². The molecule has 0 fully saturated rings. The van der Waals surface area contributed by atoms with E-state index in [1.165, 1.54) is 21.8 Å². The first-order valence-electron chi connectivity index (χ1n) is 18.3. The van der Waals surface area contributed by atoms with E-state index >= 15 is 0 Å². The highest BCUT2D eigenvalue weighted by atomic mass is 15.0. The Hall–Kier alpha value is -7.86. The molecule has 0 N–H and O–H groups in total. The van der Waals surface area contributed by atoms with Crippen molar-refractivity contribution in [3.63, 3.8) is 0 Å². The summed E-state index contributed by atoms with van der Waals surface area (Å²) < 4.78 is 6.85. The van der Waals surface area contributed by atoms with Crippen LogP contribution in [0.4, 0.5) is 0 Å². The van der Waals surface area contributed by atoms with Crippen LogP contribution in [0.25, 0.3) is 93.6 Å². The highest BCUT2D eigenvalue weighted by molar-refractivity contribution is 6.13. The van der Waals surface area contributed by atoms with Crippen molar-refractivity contribution in [1.82, 2.24) is 13.7 Å². The average molecular weight is 700 g/mol. The van der Waals surface area contributed by atoms with Crippen molar-refractivity contribution >= 4 is 65.4 Å². The molecule has 3 aromatic heterocycles. The van der Waals surface area contributed by atoms with E-state index in [1.54, 1.807) is 0 Å². The molecule has 8 aromatic carbocycles. The van der Waals surface area contributed by atoms with E-state index in [0.717, 1.165) is 71.8 Å². The molecule has 0 aliphatic carbocycles. The van der Waals surface area contributed by atoms with Crippen LogP contribution in [0.5, 0.6) is 0 Å². The lowest BCUT2D eigenvalue weighted by atomic mass is 9.97. The Bertz CT molecular complexity index is 3420. The second kappa shape index (κ2) is 11.8. The molecule has 5 heteroatoms. The summed E-state index contributed by atoms with van der Waals surface area (Å²) in [4.78, 5) is 0. The summed E-state index contributed by atoms with van der Waals surface area (Å²) in [5, 5.41) is 27.5. The standard InChI is InChI=1S/C50H29N5/c51-30-32-12-11-23-49-50(32)41-17-5-10-22-47(41)55(49)46-21-9-1-13-37(46)36-26-24-34(28-33(36)31-52)53-45-20-8-4-16-40(45)42-29-35(25-27-48(42)53)54-43-18-6-2-14-38(43)39-15-3-7-19-44(39)54/h1-29H. The van der Waals surface area contributed by atoms with Gasteiger partial charge in [0, 0.05) is 54.8 Å². The highest BCUT2D eigenvalue weighted by Crippen LogP contribution is 2.40. The first kappa shape index (κ1) is 30.7. The van der Waals surface area contributed by atoms with Gasteiger partial charge in [0.15, 0.2) is 0 Å². The molecule has 0 atom stereocenters. The Kier molecular flexibility index (Phi) is 6.61. The number of nitriles is 2. The minimum absolute atomic E-state index is 0.580. The van der Waals surface area contributed by atoms with Crippen molar-refractivity contribution in [2.75, 3.05) is 0 Å². The van der Waals surface area contributed by atoms with Gasteiger partial charge in [0.2, 0.25) is 0 Å². The molecule has 0 bridgehead atoms. The van der Waals surface area contributed by atoms with E-state index in [-0.39, 0.29) is 0 Å². The minimum atomic E-state index is 0.580. The molecule has 0 aliphatic rings. The summed E-state index contributed by atoms with van der Waals surface area (Å²) in [5.74, 6) is 0. The molecule has 0 spiro atoms. The molecule has 11 rings (SSSR count). The van der Waals surface area contributed by atoms with Crippen molar-refractivity contribution in [2.24, 2.45) is 0 Å². The number of hydrogen-bond donors (Lipinski definition) is 0. The third-order valence-electron chi connectivity index (χ3n) is 11.1. The first-order chi connectivity index (χ1) is 27.2. The number of aromatic nitrogens is 3. The Morgan fingerprint density at radius 2 is 0.818 bits per heavy atom. The zero-order valence-electron chi connectivity index (χ0n) is 29.5. The second-order valence-corrected chi connectivity index (χ2v) is 13.9. The van der Waals surface area contributed by atoms with E-state index in [1.807, 2.05) is 42.5 Å². The quantitative estimate of drug-likeness (QED) is 0.184. The maximum atomic E-state index is 10.8. The van der Waals surface area contributed by atoms with E-state index in [0.29, 0.717) is 11.1 Å². The second-order valence-electron chi connectivity index (χ2n) is 13.9. The molecule has 11 aromatic rings. The summed E-state index contributed by atoms with van der Waals surface area (Å²) in [7, 11) is 0. The molecular weight excluding hydrogens is 671 g/mol. The molecule has 0 saturated carbocycles. The Labute approximate surface area is 316 Å². The van der Waals surface area contributed by atoms with Gasteiger partial charge >= 0.3 is 0 Å². The Morgan fingerprint density at radius 3 is 1.47 bits per heavy atom. The third-order valence-corrected chi connectivity index (χ3v) is 11.1. The monoisotopic (exact) mass is 699 g/mol. The molecule has 3 heterocycles. The van der Waals surface area contributed by atoms with Crippen molar-refractivity contribution in [1.29, 1.82) is 10.5 Å². The molecule has 254 valence electrons. The Morgan fingerprint density at radius 1 is 0.327 bits per heavy atom. The fraction of sp³-hybridized carbons (Fsp3) is 0. The van der Waals surface area contributed by atoms with E-state index in [2.05, 4.69) is 159 Å². The summed E-state index contributed by atoms with van der Waals surface area (Å²) in [6.45, 7) is 0. The average Bonchev–Trinajstić information content (AvgIpc) is 3.89. The molecule has 5 nitrogen and oxygen atoms in total. The highest BCUT2D eigenvalue weighted by Gasteiger charge is 2.21. The van der Waals surface area contributed by atoms with Crippen molar-refractivity contribution < 1.29 is 0 Å². The van der Waals surface area contributed by atoms with Gasteiger partial charge in [0.25, 0.3) is 0 Å². The van der Waals surface area contributed by atoms with Gasteiger partial charge in [0.05, 0.1) is 62.1 Å². The largest absolute Gasteiger partial charge is 0.309 e. The Balaban J connectivity index is 1.10. The summed E-state index contributed by atoms with van der Waals surface area (Å²) in [5.41, 5.74) is 12.4. The van der Waals surface area contributed by atoms with Crippen LogP contribution in [-0.2, 0) is 0 Å². The molecule has 0 radical (unpaired) electrons. The molecular formula is C50H29N5. The lowest BCUT2D eigenvalue weighted by Crippen LogP contribution is -2.00.